The SMILES string of the molecule is c1ccc2c(c1)Oc1cc3c4c5c1B2c1ccccc1N5c1ccccc1B4c1ccccc1O3. The monoisotopic (exact) mass is 445 g/mol. The maximum absolute atomic E-state index is 6.58. The average molecular weight is 445 g/mol. The Balaban J connectivity index is 1.47. The standard InChI is InChI=1S/C30H17B2NO2/c1-5-13-22-18(9-1)31-20-11-3-7-15-24(20)34-26-17-27-29-30(28(26)31)33(22)23-14-6-2-10-19(23)32(29)21-12-4-8-16-25(21)35-27/h1-17H. The molecule has 0 unspecified atom stereocenters. The van der Waals surface area contributed by atoms with E-state index in [0.717, 1.165) is 23.0 Å². The number of benzene rings is 5. The number of hydrogen-bond acceptors (Lipinski definition) is 3. The van der Waals surface area contributed by atoms with Gasteiger partial charge in [-0.25, -0.2) is 0 Å². The summed E-state index contributed by atoms with van der Waals surface area (Å²) >= 11 is 0. The molecule has 9 rings (SSSR count). The van der Waals surface area contributed by atoms with Gasteiger partial charge in [-0.1, -0.05) is 72.8 Å². The highest BCUT2D eigenvalue weighted by atomic mass is 16.5. The molecule has 0 bridgehead atoms. The molecular weight excluding hydrogens is 428 g/mol. The lowest BCUT2D eigenvalue weighted by atomic mass is 9.29. The first kappa shape index (κ1) is 18.0. The van der Waals surface area contributed by atoms with Crippen LogP contribution in [0.5, 0.6) is 23.0 Å². The van der Waals surface area contributed by atoms with Crippen LogP contribution in [-0.2, 0) is 0 Å². The number of hydrogen-bond donors (Lipinski definition) is 0. The predicted molar refractivity (Wildman–Crippen MR) is 143 cm³/mol. The molecular formula is C30H17B2NO2. The third-order valence-corrected chi connectivity index (χ3v) is 7.98. The minimum Gasteiger partial charge on any atom is -0.458 e. The molecule has 0 amide bonds. The third-order valence-electron chi connectivity index (χ3n) is 7.98. The van der Waals surface area contributed by atoms with Crippen molar-refractivity contribution in [2.45, 2.75) is 0 Å². The quantitative estimate of drug-likeness (QED) is 0.335. The molecule has 5 aromatic rings. The van der Waals surface area contributed by atoms with Crippen LogP contribution in [0, 0.1) is 0 Å². The van der Waals surface area contributed by atoms with Crippen molar-refractivity contribution in [3.05, 3.63) is 103 Å². The summed E-state index contributed by atoms with van der Waals surface area (Å²) in [6, 6.07) is 36.7. The zero-order valence-corrected chi connectivity index (χ0v) is 18.7. The summed E-state index contributed by atoms with van der Waals surface area (Å²) in [5, 5.41) is 0. The number of para-hydroxylation sites is 4. The van der Waals surface area contributed by atoms with E-state index in [0.29, 0.717) is 0 Å². The van der Waals surface area contributed by atoms with E-state index in [1.807, 2.05) is 12.1 Å². The van der Waals surface area contributed by atoms with Crippen LogP contribution in [0.15, 0.2) is 103 Å². The van der Waals surface area contributed by atoms with Crippen molar-refractivity contribution in [1.82, 2.24) is 0 Å². The molecule has 5 heteroatoms. The van der Waals surface area contributed by atoms with Gasteiger partial charge in [0, 0.05) is 23.1 Å². The predicted octanol–water partition coefficient (Wildman–Crippen LogP) is 3.03. The topological polar surface area (TPSA) is 21.7 Å². The molecule has 0 fully saturated rings. The van der Waals surface area contributed by atoms with Crippen molar-refractivity contribution in [3.8, 4) is 23.0 Å². The van der Waals surface area contributed by atoms with E-state index in [1.54, 1.807) is 0 Å². The minimum atomic E-state index is 0.116. The number of ether oxygens (including phenoxy) is 2. The van der Waals surface area contributed by atoms with Crippen LogP contribution >= 0.6 is 0 Å². The Labute approximate surface area is 203 Å². The van der Waals surface area contributed by atoms with Crippen molar-refractivity contribution in [1.29, 1.82) is 0 Å². The number of anilines is 3. The second-order valence-electron chi connectivity index (χ2n) is 9.65. The van der Waals surface area contributed by atoms with E-state index in [4.69, 9.17) is 9.47 Å². The van der Waals surface area contributed by atoms with Gasteiger partial charge < -0.3 is 14.4 Å². The van der Waals surface area contributed by atoms with E-state index in [9.17, 15) is 0 Å². The van der Waals surface area contributed by atoms with Crippen LogP contribution in [0.3, 0.4) is 0 Å². The second-order valence-corrected chi connectivity index (χ2v) is 9.65. The van der Waals surface area contributed by atoms with E-state index in [2.05, 4.69) is 95.9 Å². The molecule has 0 saturated carbocycles. The van der Waals surface area contributed by atoms with Gasteiger partial charge in [-0.3, -0.25) is 0 Å². The van der Waals surface area contributed by atoms with Gasteiger partial charge in [0.25, 0.3) is 13.4 Å². The first-order valence-electron chi connectivity index (χ1n) is 12.1. The van der Waals surface area contributed by atoms with Gasteiger partial charge in [0.15, 0.2) is 0 Å². The Bertz CT molecular complexity index is 1620. The van der Waals surface area contributed by atoms with Gasteiger partial charge in [-0.2, -0.15) is 0 Å². The molecule has 4 aliphatic heterocycles. The summed E-state index contributed by atoms with van der Waals surface area (Å²) in [6.45, 7) is 0.233. The molecule has 3 nitrogen and oxygen atoms in total. The molecule has 0 radical (unpaired) electrons. The Hall–Kier alpha value is -4.37. The summed E-state index contributed by atoms with van der Waals surface area (Å²) in [4.78, 5) is 2.45. The number of fused-ring (bicyclic) bond motifs is 10. The van der Waals surface area contributed by atoms with E-state index < -0.39 is 0 Å². The molecule has 0 N–H and O–H groups in total. The average Bonchev–Trinajstić information content (AvgIpc) is 2.92. The van der Waals surface area contributed by atoms with Crippen molar-refractivity contribution in [3.63, 3.8) is 0 Å². The van der Waals surface area contributed by atoms with Crippen LogP contribution in [-0.4, -0.2) is 13.4 Å². The normalized spacial score (nSPS) is 14.6. The third kappa shape index (κ3) is 2.11. The van der Waals surface area contributed by atoms with E-state index >= 15 is 0 Å². The molecule has 4 aliphatic rings. The Kier molecular flexibility index (Phi) is 3.19. The molecule has 0 atom stereocenters. The summed E-state index contributed by atoms with van der Waals surface area (Å²) in [6.07, 6.45) is 0. The summed E-state index contributed by atoms with van der Waals surface area (Å²) in [7, 11) is 0. The zero-order valence-electron chi connectivity index (χ0n) is 18.7. The Morgan fingerprint density at radius 1 is 0.457 bits per heavy atom. The van der Waals surface area contributed by atoms with Gasteiger partial charge in [0.05, 0.1) is 0 Å². The molecule has 0 spiro atoms. The molecule has 0 aromatic heterocycles. The van der Waals surface area contributed by atoms with Gasteiger partial charge >= 0.3 is 0 Å². The highest BCUT2D eigenvalue weighted by Gasteiger charge is 2.49. The molecule has 160 valence electrons. The Morgan fingerprint density at radius 3 is 1.40 bits per heavy atom. The molecule has 4 heterocycles. The molecule has 0 saturated heterocycles. The lowest BCUT2D eigenvalue weighted by molar-refractivity contribution is 0.465. The van der Waals surface area contributed by atoms with Crippen molar-refractivity contribution < 1.29 is 9.47 Å². The van der Waals surface area contributed by atoms with Gasteiger partial charge in [-0.05, 0) is 57.0 Å². The first-order chi connectivity index (χ1) is 17.4. The fraction of sp³-hybridized carbons (Fsp3) is 0. The maximum atomic E-state index is 6.58. The highest BCUT2D eigenvalue weighted by Crippen LogP contribution is 2.45. The number of rotatable bonds is 0. The van der Waals surface area contributed by atoms with Crippen molar-refractivity contribution in [2.24, 2.45) is 0 Å². The van der Waals surface area contributed by atoms with E-state index in [-0.39, 0.29) is 13.4 Å². The van der Waals surface area contributed by atoms with Crippen LogP contribution in [0.25, 0.3) is 0 Å². The lowest BCUT2D eigenvalue weighted by Crippen LogP contribution is -2.67. The minimum absolute atomic E-state index is 0.116. The molecule has 35 heavy (non-hydrogen) atoms. The summed E-state index contributed by atoms with van der Waals surface area (Å²) in [5.74, 6) is 3.62. The van der Waals surface area contributed by atoms with Crippen LogP contribution in [0.2, 0.25) is 0 Å². The second kappa shape index (κ2) is 6.19. The van der Waals surface area contributed by atoms with Crippen LogP contribution in [0.4, 0.5) is 17.1 Å². The fourth-order valence-corrected chi connectivity index (χ4v) is 6.68. The van der Waals surface area contributed by atoms with Crippen molar-refractivity contribution >= 4 is 63.3 Å². The van der Waals surface area contributed by atoms with Crippen LogP contribution in [0.1, 0.15) is 0 Å². The van der Waals surface area contributed by atoms with Gasteiger partial charge in [0.1, 0.15) is 23.0 Å². The molecule has 5 aromatic carbocycles. The van der Waals surface area contributed by atoms with Crippen LogP contribution < -0.4 is 47.2 Å². The highest BCUT2D eigenvalue weighted by molar-refractivity contribution is 7.03. The largest absolute Gasteiger partial charge is 0.458 e. The number of nitrogens with zero attached hydrogens (tertiary/aromatic N) is 1. The lowest BCUT2D eigenvalue weighted by Gasteiger charge is -2.46. The maximum Gasteiger partial charge on any atom is 0.256 e. The van der Waals surface area contributed by atoms with Gasteiger partial charge in [-0.15, -0.1) is 0 Å². The zero-order chi connectivity index (χ0) is 22.7. The summed E-state index contributed by atoms with van der Waals surface area (Å²) < 4.78 is 13.2. The Morgan fingerprint density at radius 2 is 0.886 bits per heavy atom. The smallest absolute Gasteiger partial charge is 0.256 e. The van der Waals surface area contributed by atoms with Gasteiger partial charge in [0.2, 0.25) is 0 Å². The first-order valence-corrected chi connectivity index (χ1v) is 12.1. The summed E-state index contributed by atoms with van der Waals surface area (Å²) in [5.41, 5.74) is 11.2. The fourth-order valence-electron chi connectivity index (χ4n) is 6.68. The molecule has 0 aliphatic carbocycles. The van der Waals surface area contributed by atoms with Crippen molar-refractivity contribution in [2.75, 3.05) is 4.90 Å². The van der Waals surface area contributed by atoms with E-state index in [1.165, 1.54) is 49.8 Å².